The van der Waals surface area contributed by atoms with Gasteiger partial charge >= 0.3 is 0 Å². The summed E-state index contributed by atoms with van der Waals surface area (Å²) < 4.78 is 5.23. The highest BCUT2D eigenvalue weighted by molar-refractivity contribution is 5.94. The van der Waals surface area contributed by atoms with Crippen molar-refractivity contribution in [3.8, 4) is 5.75 Å². The zero-order valence-electron chi connectivity index (χ0n) is 15.2. The second-order valence-corrected chi connectivity index (χ2v) is 5.96. The molecule has 6 nitrogen and oxygen atoms in total. The molecule has 27 heavy (non-hydrogen) atoms. The van der Waals surface area contributed by atoms with Crippen LogP contribution in [-0.4, -0.2) is 29.5 Å². The molecule has 0 spiro atoms. The van der Waals surface area contributed by atoms with Crippen LogP contribution in [0.25, 0.3) is 0 Å². The number of carbonyl (C=O) groups excluding carboxylic acids is 1. The monoisotopic (exact) mass is 362 g/mol. The Kier molecular flexibility index (Phi) is 6.35. The summed E-state index contributed by atoms with van der Waals surface area (Å²) in [5, 5.41) is 6.12. The molecule has 1 amide bonds. The summed E-state index contributed by atoms with van der Waals surface area (Å²) in [5.41, 5.74) is 2.55. The summed E-state index contributed by atoms with van der Waals surface area (Å²) in [7, 11) is 1.66. The van der Waals surface area contributed by atoms with Crippen molar-refractivity contribution in [1.82, 2.24) is 15.3 Å². The van der Waals surface area contributed by atoms with Gasteiger partial charge < -0.3 is 15.4 Å². The molecule has 1 aromatic carbocycles. The lowest BCUT2D eigenvalue weighted by Crippen LogP contribution is -2.23. The Balaban J connectivity index is 1.52. The molecule has 0 aliphatic rings. The summed E-state index contributed by atoms with van der Waals surface area (Å²) in [6.45, 7) is 1.10. The smallest absolute Gasteiger partial charge is 0.251 e. The topological polar surface area (TPSA) is 76.1 Å². The van der Waals surface area contributed by atoms with Crippen molar-refractivity contribution in [3.05, 3.63) is 83.8 Å². The zero-order chi connectivity index (χ0) is 18.9. The highest BCUT2D eigenvalue weighted by Crippen LogP contribution is 2.13. The van der Waals surface area contributed by atoms with Gasteiger partial charge in [0.25, 0.3) is 5.91 Å². The maximum atomic E-state index is 12.3. The molecule has 0 unspecified atom stereocenters. The van der Waals surface area contributed by atoms with E-state index in [-0.39, 0.29) is 5.91 Å². The van der Waals surface area contributed by atoms with Crippen molar-refractivity contribution in [1.29, 1.82) is 0 Å². The first-order valence-corrected chi connectivity index (χ1v) is 8.75. The summed E-state index contributed by atoms with van der Waals surface area (Å²) in [6.07, 6.45) is 4.16. The lowest BCUT2D eigenvalue weighted by molar-refractivity contribution is 0.0950. The van der Waals surface area contributed by atoms with Gasteiger partial charge in [-0.3, -0.25) is 9.78 Å². The van der Waals surface area contributed by atoms with Crippen LogP contribution in [0.2, 0.25) is 0 Å². The first-order chi connectivity index (χ1) is 13.2. The highest BCUT2D eigenvalue weighted by Gasteiger charge is 2.07. The molecule has 0 aliphatic carbocycles. The van der Waals surface area contributed by atoms with E-state index >= 15 is 0 Å². The fourth-order valence-electron chi connectivity index (χ4n) is 2.61. The SMILES string of the molecule is COc1cccc(CCNc2cc(C(=O)NCc3ccccn3)ccn2)c1. The third-order valence-electron chi connectivity index (χ3n) is 4.03. The predicted molar refractivity (Wildman–Crippen MR) is 105 cm³/mol. The molecule has 138 valence electrons. The number of ether oxygens (including phenoxy) is 1. The maximum absolute atomic E-state index is 12.3. The lowest BCUT2D eigenvalue weighted by Gasteiger charge is -2.09. The second-order valence-electron chi connectivity index (χ2n) is 5.96. The number of aromatic nitrogens is 2. The van der Waals surface area contributed by atoms with Gasteiger partial charge in [-0.15, -0.1) is 0 Å². The number of pyridine rings is 2. The number of rotatable bonds is 8. The number of nitrogens with one attached hydrogen (secondary N) is 2. The quantitative estimate of drug-likeness (QED) is 0.644. The van der Waals surface area contributed by atoms with Gasteiger partial charge in [-0.05, 0) is 48.4 Å². The first-order valence-electron chi connectivity index (χ1n) is 8.75. The molecule has 2 N–H and O–H groups in total. The van der Waals surface area contributed by atoms with E-state index in [1.165, 1.54) is 5.56 Å². The molecule has 0 fully saturated rings. The van der Waals surface area contributed by atoms with Crippen LogP contribution in [0.1, 0.15) is 21.6 Å². The molecule has 6 heteroatoms. The Labute approximate surface area is 158 Å². The number of carbonyl (C=O) groups is 1. The molecule has 0 saturated heterocycles. The minimum atomic E-state index is -0.154. The van der Waals surface area contributed by atoms with Crippen molar-refractivity contribution >= 4 is 11.7 Å². The Morgan fingerprint density at radius 2 is 1.96 bits per heavy atom. The van der Waals surface area contributed by atoms with Gasteiger partial charge in [-0.25, -0.2) is 4.98 Å². The van der Waals surface area contributed by atoms with E-state index < -0.39 is 0 Å². The number of benzene rings is 1. The van der Waals surface area contributed by atoms with Gasteiger partial charge in [0, 0.05) is 24.5 Å². The van der Waals surface area contributed by atoms with Crippen molar-refractivity contribution in [2.45, 2.75) is 13.0 Å². The number of hydrogen-bond acceptors (Lipinski definition) is 5. The Morgan fingerprint density at radius 3 is 2.78 bits per heavy atom. The van der Waals surface area contributed by atoms with Crippen molar-refractivity contribution in [2.75, 3.05) is 19.0 Å². The molecule has 2 aromatic heterocycles. The second kappa shape index (κ2) is 9.33. The van der Waals surface area contributed by atoms with Crippen LogP contribution >= 0.6 is 0 Å². The van der Waals surface area contributed by atoms with Gasteiger partial charge in [-0.1, -0.05) is 18.2 Å². The van der Waals surface area contributed by atoms with E-state index in [0.717, 1.165) is 17.9 Å². The van der Waals surface area contributed by atoms with Crippen LogP contribution in [0.15, 0.2) is 67.0 Å². The van der Waals surface area contributed by atoms with Crippen LogP contribution in [0.5, 0.6) is 5.75 Å². The van der Waals surface area contributed by atoms with E-state index in [9.17, 15) is 4.79 Å². The number of methoxy groups -OCH3 is 1. The molecule has 0 atom stereocenters. The van der Waals surface area contributed by atoms with E-state index in [1.54, 1.807) is 31.6 Å². The standard InChI is InChI=1S/C21H22N4O2/c1-27-19-7-4-5-16(13-19)8-11-23-20-14-17(9-12-24-20)21(26)25-15-18-6-2-3-10-22-18/h2-7,9-10,12-14H,8,11,15H2,1H3,(H,23,24)(H,25,26). The largest absolute Gasteiger partial charge is 0.497 e. The Bertz CT molecular complexity index is 884. The van der Waals surface area contributed by atoms with E-state index in [0.29, 0.717) is 24.5 Å². The third-order valence-corrected chi connectivity index (χ3v) is 4.03. The van der Waals surface area contributed by atoms with Crippen LogP contribution in [0.4, 0.5) is 5.82 Å². The zero-order valence-corrected chi connectivity index (χ0v) is 15.2. The van der Waals surface area contributed by atoms with Gasteiger partial charge in [0.05, 0.1) is 19.3 Å². The molecule has 3 aromatic rings. The minimum Gasteiger partial charge on any atom is -0.497 e. The molecular formula is C21H22N4O2. The van der Waals surface area contributed by atoms with E-state index in [1.807, 2.05) is 36.4 Å². The number of hydrogen-bond donors (Lipinski definition) is 2. The van der Waals surface area contributed by atoms with Crippen molar-refractivity contribution < 1.29 is 9.53 Å². The fourth-order valence-corrected chi connectivity index (χ4v) is 2.61. The Hall–Kier alpha value is -3.41. The third kappa shape index (κ3) is 5.54. The van der Waals surface area contributed by atoms with Crippen LogP contribution in [-0.2, 0) is 13.0 Å². The van der Waals surface area contributed by atoms with Gasteiger partial charge in [0.2, 0.25) is 0 Å². The molecule has 2 heterocycles. The predicted octanol–water partition coefficient (Wildman–Crippen LogP) is 3.07. The van der Waals surface area contributed by atoms with E-state index in [2.05, 4.69) is 26.7 Å². The number of amides is 1. The minimum absolute atomic E-state index is 0.154. The molecule has 0 bridgehead atoms. The summed E-state index contributed by atoms with van der Waals surface area (Å²) in [4.78, 5) is 20.8. The van der Waals surface area contributed by atoms with Gasteiger partial charge in [0.15, 0.2) is 0 Å². The number of nitrogens with zero attached hydrogens (tertiary/aromatic N) is 2. The molecule has 0 saturated carbocycles. The first kappa shape index (κ1) is 18.4. The highest BCUT2D eigenvalue weighted by atomic mass is 16.5. The van der Waals surface area contributed by atoms with Crippen molar-refractivity contribution in [2.24, 2.45) is 0 Å². The molecule has 3 rings (SSSR count). The number of anilines is 1. The molecular weight excluding hydrogens is 340 g/mol. The molecule has 0 aliphatic heterocycles. The van der Waals surface area contributed by atoms with E-state index in [4.69, 9.17) is 4.74 Å². The summed E-state index contributed by atoms with van der Waals surface area (Å²) >= 11 is 0. The normalized spacial score (nSPS) is 10.3. The Morgan fingerprint density at radius 1 is 1.04 bits per heavy atom. The summed E-state index contributed by atoms with van der Waals surface area (Å²) in [5.74, 6) is 1.36. The maximum Gasteiger partial charge on any atom is 0.251 e. The van der Waals surface area contributed by atoms with Gasteiger partial charge in [0.1, 0.15) is 11.6 Å². The fraction of sp³-hybridized carbons (Fsp3) is 0.190. The average Bonchev–Trinajstić information content (AvgIpc) is 2.73. The van der Waals surface area contributed by atoms with Crippen LogP contribution in [0, 0.1) is 0 Å². The summed E-state index contributed by atoms with van der Waals surface area (Å²) in [6, 6.07) is 17.0. The lowest BCUT2D eigenvalue weighted by atomic mass is 10.1. The van der Waals surface area contributed by atoms with Crippen LogP contribution < -0.4 is 15.4 Å². The van der Waals surface area contributed by atoms with Crippen LogP contribution in [0.3, 0.4) is 0 Å². The van der Waals surface area contributed by atoms with Crippen molar-refractivity contribution in [3.63, 3.8) is 0 Å². The molecule has 0 radical (unpaired) electrons. The average molecular weight is 362 g/mol. The van der Waals surface area contributed by atoms with Gasteiger partial charge in [-0.2, -0.15) is 0 Å².